The van der Waals surface area contributed by atoms with Crippen molar-refractivity contribution in [3.05, 3.63) is 82.2 Å². The van der Waals surface area contributed by atoms with E-state index in [2.05, 4.69) is 89.2 Å². The van der Waals surface area contributed by atoms with Crippen LogP contribution in [-0.2, 0) is 37.3 Å². The van der Waals surface area contributed by atoms with Crippen LogP contribution in [0.15, 0.2) is 54.1 Å². The highest BCUT2D eigenvalue weighted by Gasteiger charge is 2.63. The summed E-state index contributed by atoms with van der Waals surface area (Å²) in [5.74, 6) is 0.488. The molecule has 6 heterocycles. The number of methoxy groups -OCH3 is 2. The van der Waals surface area contributed by atoms with Crippen LogP contribution in [0.2, 0.25) is 0 Å². The Labute approximate surface area is 294 Å². The number of nitrogens with zero attached hydrogens (tertiary/aromatic N) is 2. The van der Waals surface area contributed by atoms with Crippen LogP contribution in [-0.4, -0.2) is 84.7 Å². The molecule has 2 aliphatic carbocycles. The number of nitrogens with one attached hydrogen (secondary N) is 2. The van der Waals surface area contributed by atoms with E-state index in [4.69, 9.17) is 9.47 Å². The second-order valence-corrected chi connectivity index (χ2v) is 15.9. The summed E-state index contributed by atoms with van der Waals surface area (Å²) in [5.41, 5.74) is 8.97. The molecule has 4 fully saturated rings. The lowest BCUT2D eigenvalue weighted by molar-refractivity contribution is -0.162. The summed E-state index contributed by atoms with van der Waals surface area (Å²) in [6, 6.07) is 15.5. The zero-order valence-electron chi connectivity index (χ0n) is 30.1. The van der Waals surface area contributed by atoms with Crippen molar-refractivity contribution in [2.75, 3.05) is 40.9 Å². The van der Waals surface area contributed by atoms with Crippen molar-refractivity contribution < 1.29 is 19.1 Å². The van der Waals surface area contributed by atoms with Gasteiger partial charge in [-0.2, -0.15) is 0 Å². The van der Waals surface area contributed by atoms with Gasteiger partial charge in [-0.25, -0.2) is 0 Å². The highest BCUT2D eigenvalue weighted by Crippen LogP contribution is 2.56. The fourth-order valence-corrected chi connectivity index (χ4v) is 11.9. The van der Waals surface area contributed by atoms with Gasteiger partial charge in [0.05, 0.1) is 20.1 Å². The minimum absolute atomic E-state index is 0.00312. The van der Waals surface area contributed by atoms with Crippen molar-refractivity contribution in [3.8, 4) is 0 Å². The van der Waals surface area contributed by atoms with Crippen LogP contribution in [0.25, 0.3) is 21.8 Å². The van der Waals surface area contributed by atoms with Crippen LogP contribution in [0.5, 0.6) is 0 Å². The number of hydrogen-bond acceptors (Lipinski definition) is 6. The first-order valence-corrected chi connectivity index (χ1v) is 18.8. The first kappa shape index (κ1) is 32.1. The number of rotatable bonds is 4. The molecule has 50 heavy (non-hydrogen) atoms. The molecule has 6 bridgehead atoms. The average molecular weight is 675 g/mol. The number of aromatic nitrogens is 2. The SMILES string of the molecule is C/C=C1/CN(C)C2Cc3c([nH]c4ccccc34)C(c3cccc4c5c([nH]c34)C3(C(=O)OC)CC4CC(CC)C3N(CC5)C4)CC1C2C(=O)OC. The van der Waals surface area contributed by atoms with Gasteiger partial charge in [0.25, 0.3) is 0 Å². The number of esters is 2. The zero-order chi connectivity index (χ0) is 34.5. The zero-order valence-corrected chi connectivity index (χ0v) is 30.1. The predicted octanol–water partition coefficient (Wildman–Crippen LogP) is 6.48. The van der Waals surface area contributed by atoms with Crippen LogP contribution in [0.3, 0.4) is 0 Å². The third kappa shape index (κ3) is 4.36. The summed E-state index contributed by atoms with van der Waals surface area (Å²) < 4.78 is 11.3. The molecule has 0 radical (unpaired) electrons. The average Bonchev–Trinajstić information content (AvgIpc) is 3.67. The number of aromatic amines is 2. The summed E-state index contributed by atoms with van der Waals surface area (Å²) in [5, 5.41) is 2.44. The molecule has 262 valence electrons. The first-order chi connectivity index (χ1) is 24.3. The van der Waals surface area contributed by atoms with E-state index in [9.17, 15) is 9.59 Å². The molecule has 8 heteroatoms. The predicted molar refractivity (Wildman–Crippen MR) is 195 cm³/mol. The third-order valence-electron chi connectivity index (χ3n) is 13.9. The minimum Gasteiger partial charge on any atom is -0.469 e. The normalized spacial score (nSPS) is 34.1. The fraction of sp³-hybridized carbons (Fsp3) is 0.524. The lowest BCUT2D eigenvalue weighted by Gasteiger charge is -2.57. The van der Waals surface area contributed by atoms with Crippen molar-refractivity contribution in [2.45, 2.75) is 75.8 Å². The van der Waals surface area contributed by atoms with E-state index in [1.807, 2.05) is 0 Å². The molecular weight excluding hydrogens is 624 g/mol. The van der Waals surface area contributed by atoms with E-state index in [0.717, 1.165) is 68.5 Å². The van der Waals surface area contributed by atoms with Gasteiger partial charge in [-0.15, -0.1) is 0 Å². The van der Waals surface area contributed by atoms with Gasteiger partial charge in [0.2, 0.25) is 0 Å². The second-order valence-electron chi connectivity index (χ2n) is 15.9. The number of piperidine rings is 3. The van der Waals surface area contributed by atoms with E-state index < -0.39 is 5.41 Å². The molecule has 2 aromatic carbocycles. The maximum absolute atomic E-state index is 14.3. The Bertz CT molecular complexity index is 2040. The molecule has 0 spiro atoms. The summed E-state index contributed by atoms with van der Waals surface area (Å²) in [7, 11) is 5.26. The number of para-hydroxylation sites is 2. The summed E-state index contributed by atoms with van der Waals surface area (Å²) >= 11 is 0. The number of ether oxygens (including phenoxy) is 2. The van der Waals surface area contributed by atoms with Gasteiger partial charge >= 0.3 is 11.9 Å². The molecule has 4 aliphatic heterocycles. The molecule has 3 saturated heterocycles. The van der Waals surface area contributed by atoms with Crippen molar-refractivity contribution in [2.24, 2.45) is 23.7 Å². The van der Waals surface area contributed by atoms with E-state index in [1.165, 1.54) is 52.3 Å². The standard InChI is InChI=1S/C42H50N4O4/c1-6-24-17-23-20-42(41(48)50-5)38-29(15-16-46(21-23)39(24)42)27-12-10-13-28(36(27)44-38)31-18-30-25(7-2)22-45(3)34(35(30)40(47)49-4)19-32-26-11-8-9-14-33(26)43-37(31)32/h7-14,23-24,30-31,34-35,39,43-44H,6,15-22H2,1-5H3/b25-7-. The third-order valence-corrected chi connectivity index (χ3v) is 13.9. The number of hydrogen-bond donors (Lipinski definition) is 2. The Kier molecular flexibility index (Phi) is 7.59. The Balaban J connectivity index is 1.28. The molecule has 2 N–H and O–H groups in total. The van der Waals surface area contributed by atoms with Crippen LogP contribution in [0, 0.1) is 23.7 Å². The topological polar surface area (TPSA) is 90.7 Å². The van der Waals surface area contributed by atoms with Crippen LogP contribution >= 0.6 is 0 Å². The number of allylic oxidation sites excluding steroid dienone is 1. The van der Waals surface area contributed by atoms with Gasteiger partial charge in [0, 0.05) is 70.8 Å². The van der Waals surface area contributed by atoms with E-state index in [0.29, 0.717) is 11.8 Å². The molecule has 9 atom stereocenters. The molecule has 0 amide bonds. The maximum atomic E-state index is 14.3. The quantitative estimate of drug-likeness (QED) is 0.190. The molecule has 4 aromatic rings. The van der Waals surface area contributed by atoms with Crippen LogP contribution in [0.4, 0.5) is 0 Å². The number of benzene rings is 2. The molecule has 8 nitrogen and oxygen atoms in total. The summed E-state index contributed by atoms with van der Waals surface area (Å²) in [4.78, 5) is 41.0. The Morgan fingerprint density at radius 2 is 1.84 bits per heavy atom. The van der Waals surface area contributed by atoms with Gasteiger partial charge in [-0.1, -0.05) is 61.4 Å². The second kappa shape index (κ2) is 11.8. The molecular formula is C42H50N4O4. The van der Waals surface area contributed by atoms with Gasteiger partial charge in [0.1, 0.15) is 5.41 Å². The summed E-state index contributed by atoms with van der Waals surface area (Å²) in [6.07, 6.45) is 7.77. The Morgan fingerprint density at radius 1 is 1.02 bits per heavy atom. The van der Waals surface area contributed by atoms with Crippen molar-refractivity contribution in [1.82, 2.24) is 19.8 Å². The van der Waals surface area contributed by atoms with E-state index in [-0.39, 0.29) is 41.8 Å². The van der Waals surface area contributed by atoms with Gasteiger partial charge in [-0.05, 0) is 86.6 Å². The van der Waals surface area contributed by atoms with Crippen molar-refractivity contribution in [3.63, 3.8) is 0 Å². The van der Waals surface area contributed by atoms with Gasteiger partial charge in [0.15, 0.2) is 0 Å². The summed E-state index contributed by atoms with van der Waals surface area (Å²) in [6.45, 7) is 7.27. The highest BCUT2D eigenvalue weighted by molar-refractivity contribution is 5.94. The molecule has 6 aliphatic rings. The van der Waals surface area contributed by atoms with Crippen LogP contribution < -0.4 is 0 Å². The number of carbonyl (C=O) groups excluding carboxylic acids is 2. The minimum atomic E-state index is -0.707. The molecule has 9 unspecified atom stereocenters. The lowest BCUT2D eigenvalue weighted by atomic mass is 9.56. The monoisotopic (exact) mass is 674 g/mol. The number of likely N-dealkylation sites (N-methyl/N-ethyl adjacent to an activating group) is 1. The van der Waals surface area contributed by atoms with E-state index >= 15 is 0 Å². The van der Waals surface area contributed by atoms with Crippen molar-refractivity contribution in [1.29, 1.82) is 0 Å². The van der Waals surface area contributed by atoms with Crippen LogP contribution in [0.1, 0.15) is 73.5 Å². The maximum Gasteiger partial charge on any atom is 0.319 e. The Hall–Kier alpha value is -3.88. The fourth-order valence-electron chi connectivity index (χ4n) is 11.9. The van der Waals surface area contributed by atoms with E-state index in [1.54, 1.807) is 7.11 Å². The Morgan fingerprint density at radius 3 is 2.62 bits per heavy atom. The molecule has 2 aromatic heterocycles. The highest BCUT2D eigenvalue weighted by atomic mass is 16.5. The van der Waals surface area contributed by atoms with Gasteiger partial charge < -0.3 is 19.4 Å². The first-order valence-electron chi connectivity index (χ1n) is 18.8. The van der Waals surface area contributed by atoms with Gasteiger partial charge in [-0.3, -0.25) is 19.4 Å². The molecule has 10 rings (SSSR count). The largest absolute Gasteiger partial charge is 0.469 e. The lowest BCUT2D eigenvalue weighted by Crippen LogP contribution is -2.67. The van der Waals surface area contributed by atoms with Crippen molar-refractivity contribution >= 4 is 33.7 Å². The number of carbonyl (C=O) groups is 2. The molecule has 1 saturated carbocycles. The smallest absolute Gasteiger partial charge is 0.319 e. The number of H-pyrrole nitrogens is 2. The number of likely N-dealkylation sites (tertiary alicyclic amines) is 1. The number of fused-ring (bicyclic) bond motifs is 9.